The second-order valence-corrected chi connectivity index (χ2v) is 4.29. The molecule has 3 atom stereocenters. The molecular weight excluding hydrogens is 134 g/mol. The summed E-state index contributed by atoms with van der Waals surface area (Å²) in [6.45, 7) is 9.22. The van der Waals surface area contributed by atoms with Crippen LogP contribution in [0.25, 0.3) is 0 Å². The van der Waals surface area contributed by atoms with Gasteiger partial charge in [0.2, 0.25) is 0 Å². The van der Waals surface area contributed by atoms with Crippen molar-refractivity contribution in [3.8, 4) is 0 Å². The first-order valence-electron chi connectivity index (χ1n) is 4.91. The molecule has 0 aromatic heterocycles. The van der Waals surface area contributed by atoms with Gasteiger partial charge in [-0.3, -0.25) is 0 Å². The Morgan fingerprint density at radius 2 is 1.91 bits per heavy atom. The SMILES string of the molecule is CCC(C)CC1NC1C(C)C. The van der Waals surface area contributed by atoms with Gasteiger partial charge >= 0.3 is 0 Å². The zero-order valence-corrected chi connectivity index (χ0v) is 8.22. The van der Waals surface area contributed by atoms with E-state index < -0.39 is 0 Å². The van der Waals surface area contributed by atoms with Crippen LogP contribution in [-0.2, 0) is 0 Å². The van der Waals surface area contributed by atoms with E-state index in [9.17, 15) is 0 Å². The number of nitrogens with one attached hydrogen (secondary N) is 1. The molecule has 1 fully saturated rings. The molecule has 0 aromatic rings. The molecule has 1 N–H and O–H groups in total. The minimum Gasteiger partial charge on any atom is -0.308 e. The number of hydrogen-bond donors (Lipinski definition) is 1. The second-order valence-electron chi connectivity index (χ2n) is 4.29. The van der Waals surface area contributed by atoms with Gasteiger partial charge in [0.25, 0.3) is 0 Å². The van der Waals surface area contributed by atoms with Crippen LogP contribution in [0.15, 0.2) is 0 Å². The van der Waals surface area contributed by atoms with Crippen molar-refractivity contribution in [1.29, 1.82) is 0 Å². The summed E-state index contributed by atoms with van der Waals surface area (Å²) in [5, 5.41) is 3.53. The summed E-state index contributed by atoms with van der Waals surface area (Å²) >= 11 is 0. The second kappa shape index (κ2) is 3.57. The monoisotopic (exact) mass is 155 g/mol. The third-order valence-corrected chi connectivity index (χ3v) is 2.80. The van der Waals surface area contributed by atoms with Gasteiger partial charge in [-0.15, -0.1) is 0 Å². The van der Waals surface area contributed by atoms with E-state index in [4.69, 9.17) is 0 Å². The summed E-state index contributed by atoms with van der Waals surface area (Å²) in [7, 11) is 0. The van der Waals surface area contributed by atoms with E-state index in [2.05, 4.69) is 33.0 Å². The van der Waals surface area contributed by atoms with Gasteiger partial charge in [0.1, 0.15) is 0 Å². The molecule has 1 aliphatic heterocycles. The van der Waals surface area contributed by atoms with Crippen LogP contribution in [0.3, 0.4) is 0 Å². The summed E-state index contributed by atoms with van der Waals surface area (Å²) in [5.74, 6) is 1.72. The molecule has 0 spiro atoms. The maximum absolute atomic E-state index is 3.53. The third-order valence-electron chi connectivity index (χ3n) is 2.80. The highest BCUT2D eigenvalue weighted by Crippen LogP contribution is 2.26. The first-order chi connectivity index (χ1) is 5.15. The predicted octanol–water partition coefficient (Wildman–Crippen LogP) is 2.42. The topological polar surface area (TPSA) is 21.9 Å². The molecule has 0 radical (unpaired) electrons. The van der Waals surface area contributed by atoms with Gasteiger partial charge in [-0.1, -0.05) is 34.1 Å². The number of rotatable bonds is 4. The van der Waals surface area contributed by atoms with Gasteiger partial charge in [0.05, 0.1) is 0 Å². The fourth-order valence-corrected chi connectivity index (χ4v) is 1.66. The maximum atomic E-state index is 3.53. The molecule has 0 aliphatic carbocycles. The zero-order chi connectivity index (χ0) is 8.43. The van der Waals surface area contributed by atoms with Crippen LogP contribution < -0.4 is 5.32 Å². The first-order valence-corrected chi connectivity index (χ1v) is 4.91. The average molecular weight is 155 g/mol. The standard InChI is InChI=1S/C10H21N/c1-5-8(4)6-9-10(11-9)7(2)3/h7-11H,5-6H2,1-4H3. The molecule has 1 heterocycles. The Hall–Kier alpha value is -0.0400. The smallest absolute Gasteiger partial charge is 0.0247 e. The van der Waals surface area contributed by atoms with Gasteiger partial charge in [0.15, 0.2) is 0 Å². The largest absolute Gasteiger partial charge is 0.308 e. The van der Waals surface area contributed by atoms with Crippen molar-refractivity contribution in [2.24, 2.45) is 11.8 Å². The summed E-state index contributed by atoms with van der Waals surface area (Å²) in [6.07, 6.45) is 2.70. The van der Waals surface area contributed by atoms with Crippen LogP contribution in [0.4, 0.5) is 0 Å². The van der Waals surface area contributed by atoms with E-state index in [1.807, 2.05) is 0 Å². The Kier molecular flexibility index (Phi) is 2.94. The Bertz CT molecular complexity index is 120. The molecule has 1 rings (SSSR count). The lowest BCUT2D eigenvalue weighted by Gasteiger charge is -2.06. The molecule has 66 valence electrons. The molecule has 11 heavy (non-hydrogen) atoms. The maximum Gasteiger partial charge on any atom is 0.0247 e. The molecule has 3 unspecified atom stereocenters. The highest BCUT2D eigenvalue weighted by molar-refractivity contribution is 4.99. The van der Waals surface area contributed by atoms with E-state index in [-0.39, 0.29) is 0 Å². The number of hydrogen-bond acceptors (Lipinski definition) is 1. The summed E-state index contributed by atoms with van der Waals surface area (Å²) in [4.78, 5) is 0. The van der Waals surface area contributed by atoms with Gasteiger partial charge < -0.3 is 5.32 Å². The fourth-order valence-electron chi connectivity index (χ4n) is 1.66. The molecular formula is C10H21N. The highest BCUT2D eigenvalue weighted by Gasteiger charge is 2.38. The lowest BCUT2D eigenvalue weighted by Crippen LogP contribution is -2.05. The van der Waals surface area contributed by atoms with Crippen molar-refractivity contribution < 1.29 is 0 Å². The Labute approximate surface area is 70.6 Å². The van der Waals surface area contributed by atoms with Crippen LogP contribution in [0.2, 0.25) is 0 Å². The quantitative estimate of drug-likeness (QED) is 0.619. The van der Waals surface area contributed by atoms with E-state index in [0.29, 0.717) is 0 Å². The summed E-state index contributed by atoms with van der Waals surface area (Å²) in [5.41, 5.74) is 0. The Balaban J connectivity index is 2.13. The lowest BCUT2D eigenvalue weighted by molar-refractivity contribution is 0.493. The molecule has 1 heteroatoms. The van der Waals surface area contributed by atoms with Crippen molar-refractivity contribution in [3.63, 3.8) is 0 Å². The van der Waals surface area contributed by atoms with Gasteiger partial charge in [-0.25, -0.2) is 0 Å². The normalized spacial score (nSPS) is 32.5. The molecule has 0 saturated carbocycles. The first kappa shape index (κ1) is 9.05. The third kappa shape index (κ3) is 2.48. The Morgan fingerprint density at radius 3 is 2.27 bits per heavy atom. The van der Waals surface area contributed by atoms with E-state index in [1.165, 1.54) is 12.8 Å². The van der Waals surface area contributed by atoms with Crippen molar-refractivity contribution in [3.05, 3.63) is 0 Å². The highest BCUT2D eigenvalue weighted by atomic mass is 15.1. The van der Waals surface area contributed by atoms with Crippen molar-refractivity contribution in [2.75, 3.05) is 0 Å². The molecule has 0 amide bonds. The van der Waals surface area contributed by atoms with Gasteiger partial charge in [-0.05, 0) is 18.3 Å². The van der Waals surface area contributed by atoms with E-state index in [0.717, 1.165) is 23.9 Å². The zero-order valence-electron chi connectivity index (χ0n) is 8.22. The van der Waals surface area contributed by atoms with Crippen LogP contribution in [0, 0.1) is 11.8 Å². The fraction of sp³-hybridized carbons (Fsp3) is 1.00. The van der Waals surface area contributed by atoms with Crippen molar-refractivity contribution in [1.82, 2.24) is 5.32 Å². The Morgan fingerprint density at radius 1 is 1.27 bits per heavy atom. The molecule has 1 aliphatic rings. The van der Waals surface area contributed by atoms with Crippen LogP contribution in [0.5, 0.6) is 0 Å². The summed E-state index contributed by atoms with van der Waals surface area (Å²) in [6, 6.07) is 1.66. The van der Waals surface area contributed by atoms with E-state index in [1.54, 1.807) is 0 Å². The van der Waals surface area contributed by atoms with Crippen LogP contribution in [0.1, 0.15) is 40.5 Å². The van der Waals surface area contributed by atoms with E-state index >= 15 is 0 Å². The van der Waals surface area contributed by atoms with Crippen molar-refractivity contribution >= 4 is 0 Å². The molecule has 1 nitrogen and oxygen atoms in total. The lowest BCUT2D eigenvalue weighted by atomic mass is 9.98. The summed E-state index contributed by atoms with van der Waals surface area (Å²) < 4.78 is 0. The molecule has 0 bridgehead atoms. The minimum atomic E-state index is 0.823. The molecule has 1 saturated heterocycles. The average Bonchev–Trinajstić information content (AvgIpc) is 2.67. The van der Waals surface area contributed by atoms with Crippen LogP contribution in [-0.4, -0.2) is 12.1 Å². The van der Waals surface area contributed by atoms with Gasteiger partial charge in [0, 0.05) is 12.1 Å². The minimum absolute atomic E-state index is 0.823. The van der Waals surface area contributed by atoms with Crippen LogP contribution >= 0.6 is 0 Å². The molecule has 0 aromatic carbocycles. The predicted molar refractivity (Wildman–Crippen MR) is 49.6 cm³/mol. The van der Waals surface area contributed by atoms with Gasteiger partial charge in [-0.2, -0.15) is 0 Å². The van der Waals surface area contributed by atoms with Crippen molar-refractivity contribution in [2.45, 2.75) is 52.6 Å².